The van der Waals surface area contributed by atoms with Gasteiger partial charge in [0.25, 0.3) is 0 Å². The number of fused-ring (bicyclic) bond motifs is 1. The summed E-state index contributed by atoms with van der Waals surface area (Å²) in [4.78, 5) is 17.0. The van der Waals surface area contributed by atoms with E-state index in [0.717, 1.165) is 40.6 Å². The second kappa shape index (κ2) is 6.60. The predicted molar refractivity (Wildman–Crippen MR) is 108 cm³/mol. The molecule has 2 aliphatic rings. The van der Waals surface area contributed by atoms with Crippen molar-refractivity contribution >= 4 is 34.3 Å². The summed E-state index contributed by atoms with van der Waals surface area (Å²) in [5.74, 6) is 0.736. The van der Waals surface area contributed by atoms with E-state index >= 15 is 0 Å². The molecule has 1 saturated carbocycles. The quantitative estimate of drug-likeness (QED) is 0.631. The number of nitrogens with zero attached hydrogens (tertiary/aromatic N) is 3. The average Bonchev–Trinajstić information content (AvgIpc) is 3.45. The van der Waals surface area contributed by atoms with Gasteiger partial charge in [-0.15, -0.1) is 5.10 Å². The fraction of sp³-hybridized carbons (Fsp3) is 0.227. The Balaban J connectivity index is 1.61. The zero-order valence-electron chi connectivity index (χ0n) is 15.3. The maximum absolute atomic E-state index is 12.2. The van der Waals surface area contributed by atoms with Gasteiger partial charge in [0.2, 0.25) is 18.0 Å². The number of amides is 1. The monoisotopic (exact) mass is 391 g/mol. The SMILES string of the molecule is CC(=O)N1N=C(c2cc(C3CC3)nc3ccccc23)O[C@H]1c1cccc(Cl)c1. The Kier molecular flexibility index (Phi) is 4.05. The maximum Gasteiger partial charge on any atom is 0.243 e. The molecule has 0 spiro atoms. The minimum absolute atomic E-state index is 0.194. The first-order valence-electron chi connectivity index (χ1n) is 9.31. The molecule has 1 fully saturated rings. The van der Waals surface area contributed by atoms with Crippen molar-refractivity contribution in [2.24, 2.45) is 5.10 Å². The van der Waals surface area contributed by atoms with Crippen LogP contribution in [-0.2, 0) is 9.53 Å². The van der Waals surface area contributed by atoms with Crippen LogP contribution < -0.4 is 0 Å². The molecule has 5 nitrogen and oxygen atoms in total. The number of rotatable bonds is 3. The van der Waals surface area contributed by atoms with Crippen LogP contribution in [0.4, 0.5) is 0 Å². The molecule has 0 radical (unpaired) electrons. The summed E-state index contributed by atoms with van der Waals surface area (Å²) in [5.41, 5.74) is 3.61. The maximum atomic E-state index is 12.2. The lowest BCUT2D eigenvalue weighted by molar-refractivity contribution is -0.135. The Hall–Kier alpha value is -2.92. The van der Waals surface area contributed by atoms with Gasteiger partial charge in [-0.05, 0) is 37.1 Å². The summed E-state index contributed by atoms with van der Waals surface area (Å²) in [5, 5.41) is 7.44. The molecule has 1 amide bonds. The van der Waals surface area contributed by atoms with Gasteiger partial charge in [-0.2, -0.15) is 5.01 Å². The molecule has 1 atom stereocenters. The number of hydrogen-bond acceptors (Lipinski definition) is 4. The summed E-state index contributed by atoms with van der Waals surface area (Å²) in [7, 11) is 0. The molecule has 2 heterocycles. The van der Waals surface area contributed by atoms with Crippen molar-refractivity contribution in [3.8, 4) is 0 Å². The highest BCUT2D eigenvalue weighted by Gasteiger charge is 2.35. The fourth-order valence-electron chi connectivity index (χ4n) is 3.51. The van der Waals surface area contributed by atoms with Gasteiger partial charge in [0.05, 0.1) is 5.52 Å². The Morgan fingerprint density at radius 3 is 2.71 bits per heavy atom. The van der Waals surface area contributed by atoms with E-state index in [1.165, 1.54) is 11.9 Å². The molecule has 1 aliphatic heterocycles. The van der Waals surface area contributed by atoms with Gasteiger partial charge < -0.3 is 4.74 Å². The Labute approximate surface area is 167 Å². The van der Waals surface area contributed by atoms with Crippen LogP contribution in [0.3, 0.4) is 0 Å². The van der Waals surface area contributed by atoms with E-state index in [0.29, 0.717) is 16.8 Å². The number of carbonyl (C=O) groups is 1. The number of halogens is 1. The molecule has 0 bridgehead atoms. The molecular formula is C22H18ClN3O2. The lowest BCUT2D eigenvalue weighted by atomic mass is 10.1. The third-order valence-corrected chi connectivity index (χ3v) is 5.30. The Morgan fingerprint density at radius 1 is 1.14 bits per heavy atom. The molecule has 1 aromatic heterocycles. The second-order valence-electron chi connectivity index (χ2n) is 7.18. The fourth-order valence-corrected chi connectivity index (χ4v) is 3.71. The number of hydrogen-bond donors (Lipinski definition) is 0. The van der Waals surface area contributed by atoms with E-state index < -0.39 is 6.23 Å². The van der Waals surface area contributed by atoms with Crippen LogP contribution in [0.15, 0.2) is 59.7 Å². The topological polar surface area (TPSA) is 54.8 Å². The number of benzene rings is 2. The van der Waals surface area contributed by atoms with Crippen LogP contribution in [0.2, 0.25) is 5.02 Å². The summed E-state index contributed by atoms with van der Waals surface area (Å²) in [6.07, 6.45) is 1.67. The molecule has 0 saturated heterocycles. The summed E-state index contributed by atoms with van der Waals surface area (Å²) in [6, 6.07) is 17.3. The first-order valence-corrected chi connectivity index (χ1v) is 9.68. The van der Waals surface area contributed by atoms with E-state index in [-0.39, 0.29) is 5.91 Å². The molecule has 1 aliphatic carbocycles. The van der Waals surface area contributed by atoms with Crippen LogP contribution in [0, 0.1) is 0 Å². The number of ether oxygens (including phenoxy) is 1. The summed E-state index contributed by atoms with van der Waals surface area (Å²) < 4.78 is 6.19. The van der Waals surface area contributed by atoms with Crippen LogP contribution in [-0.4, -0.2) is 21.8 Å². The molecule has 3 aromatic rings. The van der Waals surface area contributed by atoms with E-state index in [4.69, 9.17) is 21.3 Å². The normalized spacial score (nSPS) is 18.9. The Morgan fingerprint density at radius 2 is 1.96 bits per heavy atom. The zero-order valence-corrected chi connectivity index (χ0v) is 16.1. The zero-order chi connectivity index (χ0) is 19.3. The minimum atomic E-state index is -0.637. The molecule has 140 valence electrons. The molecule has 28 heavy (non-hydrogen) atoms. The third kappa shape index (κ3) is 3.02. The highest BCUT2D eigenvalue weighted by Crippen LogP contribution is 2.41. The van der Waals surface area contributed by atoms with Gasteiger partial charge in [0.1, 0.15) is 0 Å². The number of para-hydroxylation sites is 1. The largest absolute Gasteiger partial charge is 0.446 e. The van der Waals surface area contributed by atoms with Crippen molar-refractivity contribution in [3.05, 3.63) is 76.4 Å². The van der Waals surface area contributed by atoms with Gasteiger partial charge in [-0.25, -0.2) is 0 Å². The van der Waals surface area contributed by atoms with Crippen LogP contribution in [0.1, 0.15) is 48.7 Å². The lowest BCUT2D eigenvalue weighted by Crippen LogP contribution is -2.25. The van der Waals surface area contributed by atoms with Crippen molar-refractivity contribution in [2.45, 2.75) is 31.9 Å². The first-order chi connectivity index (χ1) is 13.6. The highest BCUT2D eigenvalue weighted by atomic mass is 35.5. The van der Waals surface area contributed by atoms with Gasteiger partial charge in [0.15, 0.2) is 0 Å². The average molecular weight is 392 g/mol. The van der Waals surface area contributed by atoms with Crippen LogP contribution in [0.5, 0.6) is 0 Å². The third-order valence-electron chi connectivity index (χ3n) is 5.06. The summed E-state index contributed by atoms with van der Waals surface area (Å²) in [6.45, 7) is 1.48. The van der Waals surface area contributed by atoms with E-state index in [9.17, 15) is 4.79 Å². The number of pyridine rings is 1. The van der Waals surface area contributed by atoms with Crippen molar-refractivity contribution in [2.75, 3.05) is 0 Å². The number of aromatic nitrogens is 1. The van der Waals surface area contributed by atoms with Gasteiger partial charge in [-0.1, -0.05) is 41.9 Å². The number of carbonyl (C=O) groups excluding carboxylic acids is 1. The van der Waals surface area contributed by atoms with E-state index in [1.54, 1.807) is 12.1 Å². The standard InChI is InChI=1S/C22H18ClN3O2/c1-13(27)26-22(15-5-4-6-16(23)11-15)28-21(25-26)18-12-20(14-9-10-14)24-19-8-3-2-7-17(18)19/h2-8,11-12,14,22H,9-10H2,1H3/t22-/m0/s1. The summed E-state index contributed by atoms with van der Waals surface area (Å²) >= 11 is 6.14. The van der Waals surface area contributed by atoms with Gasteiger partial charge >= 0.3 is 0 Å². The van der Waals surface area contributed by atoms with E-state index in [1.807, 2.05) is 36.4 Å². The molecular weight excluding hydrogens is 374 g/mol. The van der Waals surface area contributed by atoms with Crippen molar-refractivity contribution < 1.29 is 9.53 Å². The lowest BCUT2D eigenvalue weighted by Gasteiger charge is -2.19. The van der Waals surface area contributed by atoms with Gasteiger partial charge in [-0.3, -0.25) is 9.78 Å². The second-order valence-corrected chi connectivity index (χ2v) is 7.62. The molecule has 0 unspecified atom stereocenters. The minimum Gasteiger partial charge on any atom is -0.446 e. The molecule has 6 heteroatoms. The highest BCUT2D eigenvalue weighted by molar-refractivity contribution is 6.30. The first kappa shape index (κ1) is 17.2. The Bertz CT molecular complexity index is 1120. The molecule has 2 aromatic carbocycles. The van der Waals surface area contributed by atoms with Crippen molar-refractivity contribution in [1.82, 2.24) is 9.99 Å². The van der Waals surface area contributed by atoms with Gasteiger partial charge in [0, 0.05) is 40.1 Å². The van der Waals surface area contributed by atoms with Crippen LogP contribution in [0.25, 0.3) is 10.9 Å². The number of hydrazone groups is 1. The van der Waals surface area contributed by atoms with Crippen LogP contribution >= 0.6 is 11.6 Å². The predicted octanol–water partition coefficient (Wildman–Crippen LogP) is 5.00. The van der Waals surface area contributed by atoms with E-state index in [2.05, 4.69) is 11.2 Å². The smallest absolute Gasteiger partial charge is 0.243 e. The molecule has 0 N–H and O–H groups in total. The molecule has 5 rings (SSSR count). The van der Waals surface area contributed by atoms with Crippen molar-refractivity contribution in [3.63, 3.8) is 0 Å². The van der Waals surface area contributed by atoms with Crippen molar-refractivity contribution in [1.29, 1.82) is 0 Å².